The molecule has 0 N–H and O–H groups in total. The highest BCUT2D eigenvalue weighted by molar-refractivity contribution is 5.64. The maximum Gasteiger partial charge on any atom is 0.126 e. The SMILES string of the molecule is Cc1ccn2c(C(C)C)nc(CC=O)c2c1. The number of pyridine rings is 1. The fraction of sp³-hybridized carbons (Fsp3) is 0.385. The molecule has 16 heavy (non-hydrogen) atoms. The van der Waals surface area contributed by atoms with Crippen LogP contribution in [0.5, 0.6) is 0 Å². The molecule has 0 unspecified atom stereocenters. The van der Waals surface area contributed by atoms with Crippen LogP contribution >= 0.6 is 0 Å². The summed E-state index contributed by atoms with van der Waals surface area (Å²) < 4.78 is 2.08. The second kappa shape index (κ2) is 4.08. The van der Waals surface area contributed by atoms with E-state index < -0.39 is 0 Å². The molecule has 0 bridgehead atoms. The lowest BCUT2D eigenvalue weighted by atomic mass is 10.2. The number of fused-ring (bicyclic) bond motifs is 1. The van der Waals surface area contributed by atoms with Crippen molar-refractivity contribution in [2.24, 2.45) is 0 Å². The Hall–Kier alpha value is -1.64. The molecule has 0 saturated heterocycles. The zero-order chi connectivity index (χ0) is 11.7. The van der Waals surface area contributed by atoms with Gasteiger partial charge in [-0.2, -0.15) is 0 Å². The zero-order valence-electron chi connectivity index (χ0n) is 9.90. The van der Waals surface area contributed by atoms with Gasteiger partial charge >= 0.3 is 0 Å². The van der Waals surface area contributed by atoms with Crippen molar-refractivity contribution in [1.82, 2.24) is 9.38 Å². The van der Waals surface area contributed by atoms with Gasteiger partial charge in [-0.05, 0) is 24.6 Å². The molecule has 84 valence electrons. The molecule has 0 aliphatic heterocycles. The lowest BCUT2D eigenvalue weighted by molar-refractivity contribution is -0.107. The van der Waals surface area contributed by atoms with E-state index in [0.717, 1.165) is 23.3 Å². The highest BCUT2D eigenvalue weighted by Gasteiger charge is 2.12. The third-order valence-corrected chi connectivity index (χ3v) is 2.70. The fourth-order valence-electron chi connectivity index (χ4n) is 1.91. The number of nitrogens with zero attached hydrogens (tertiary/aromatic N) is 2. The fourth-order valence-corrected chi connectivity index (χ4v) is 1.91. The Bertz CT molecular complexity index is 526. The van der Waals surface area contributed by atoms with Crippen LogP contribution in [0, 0.1) is 6.92 Å². The molecule has 0 amide bonds. The van der Waals surface area contributed by atoms with Crippen molar-refractivity contribution in [3.63, 3.8) is 0 Å². The van der Waals surface area contributed by atoms with Crippen molar-refractivity contribution >= 4 is 11.8 Å². The van der Waals surface area contributed by atoms with Crippen molar-refractivity contribution in [1.29, 1.82) is 0 Å². The monoisotopic (exact) mass is 216 g/mol. The van der Waals surface area contributed by atoms with Gasteiger partial charge in [-0.3, -0.25) is 0 Å². The van der Waals surface area contributed by atoms with Gasteiger partial charge in [0.15, 0.2) is 0 Å². The van der Waals surface area contributed by atoms with E-state index in [1.54, 1.807) is 0 Å². The molecule has 2 heterocycles. The van der Waals surface area contributed by atoms with Crippen molar-refractivity contribution in [2.45, 2.75) is 33.1 Å². The summed E-state index contributed by atoms with van der Waals surface area (Å²) in [5.74, 6) is 1.38. The number of imidazole rings is 1. The van der Waals surface area contributed by atoms with Crippen LogP contribution in [0.2, 0.25) is 0 Å². The molecular weight excluding hydrogens is 200 g/mol. The topological polar surface area (TPSA) is 34.4 Å². The Morgan fingerprint density at radius 3 is 2.88 bits per heavy atom. The van der Waals surface area contributed by atoms with Crippen molar-refractivity contribution in [2.75, 3.05) is 0 Å². The van der Waals surface area contributed by atoms with Crippen LogP contribution in [0.4, 0.5) is 0 Å². The maximum atomic E-state index is 10.6. The van der Waals surface area contributed by atoms with Gasteiger partial charge in [0.25, 0.3) is 0 Å². The smallest absolute Gasteiger partial charge is 0.126 e. The van der Waals surface area contributed by atoms with E-state index in [4.69, 9.17) is 0 Å². The number of hydrogen-bond acceptors (Lipinski definition) is 2. The average Bonchev–Trinajstić information content (AvgIpc) is 2.58. The largest absolute Gasteiger partial charge is 0.303 e. The van der Waals surface area contributed by atoms with Gasteiger partial charge in [0.1, 0.15) is 12.1 Å². The first-order valence-electron chi connectivity index (χ1n) is 5.54. The summed E-state index contributed by atoms with van der Waals surface area (Å²) in [4.78, 5) is 15.2. The van der Waals surface area contributed by atoms with E-state index in [1.807, 2.05) is 13.1 Å². The predicted molar refractivity (Wildman–Crippen MR) is 63.8 cm³/mol. The van der Waals surface area contributed by atoms with Gasteiger partial charge in [0, 0.05) is 18.5 Å². The van der Waals surface area contributed by atoms with E-state index in [1.165, 1.54) is 5.56 Å². The van der Waals surface area contributed by atoms with Crippen molar-refractivity contribution in [3.05, 3.63) is 35.4 Å². The third kappa shape index (κ3) is 1.73. The Morgan fingerprint density at radius 1 is 1.50 bits per heavy atom. The van der Waals surface area contributed by atoms with E-state index in [2.05, 4.69) is 35.4 Å². The molecule has 0 radical (unpaired) electrons. The molecule has 0 aliphatic carbocycles. The molecular formula is C13H16N2O. The second-order valence-electron chi connectivity index (χ2n) is 4.40. The molecule has 0 spiro atoms. The molecule has 3 nitrogen and oxygen atoms in total. The average molecular weight is 216 g/mol. The first kappa shape index (κ1) is 10.9. The van der Waals surface area contributed by atoms with Crippen LogP contribution in [-0.4, -0.2) is 15.7 Å². The lowest BCUT2D eigenvalue weighted by Crippen LogP contribution is -1.96. The van der Waals surface area contributed by atoms with Crippen LogP contribution in [0.1, 0.15) is 36.8 Å². The van der Waals surface area contributed by atoms with Crippen LogP contribution in [0.25, 0.3) is 5.52 Å². The molecule has 0 fully saturated rings. The summed E-state index contributed by atoms with van der Waals surface area (Å²) >= 11 is 0. The number of carbonyl (C=O) groups excluding carboxylic acids is 1. The molecule has 0 atom stereocenters. The molecule has 2 aromatic heterocycles. The minimum absolute atomic E-state index is 0.357. The Balaban J connectivity index is 2.70. The van der Waals surface area contributed by atoms with E-state index >= 15 is 0 Å². The minimum atomic E-state index is 0.357. The Kier molecular flexibility index (Phi) is 2.77. The number of rotatable bonds is 3. The maximum absolute atomic E-state index is 10.6. The normalized spacial score (nSPS) is 11.2. The Morgan fingerprint density at radius 2 is 2.25 bits per heavy atom. The van der Waals surface area contributed by atoms with Crippen LogP contribution in [0.15, 0.2) is 18.3 Å². The van der Waals surface area contributed by atoms with Crippen LogP contribution in [-0.2, 0) is 11.2 Å². The van der Waals surface area contributed by atoms with Gasteiger partial charge in [0.2, 0.25) is 0 Å². The summed E-state index contributed by atoms with van der Waals surface area (Å²) in [5, 5.41) is 0. The van der Waals surface area contributed by atoms with Crippen LogP contribution in [0.3, 0.4) is 0 Å². The summed E-state index contributed by atoms with van der Waals surface area (Å²) in [6.45, 7) is 6.27. The van der Waals surface area contributed by atoms with E-state index in [0.29, 0.717) is 12.3 Å². The van der Waals surface area contributed by atoms with Gasteiger partial charge in [0.05, 0.1) is 11.2 Å². The van der Waals surface area contributed by atoms with Gasteiger partial charge < -0.3 is 9.20 Å². The molecule has 0 saturated carbocycles. The number of carbonyl (C=O) groups is 1. The lowest BCUT2D eigenvalue weighted by Gasteiger charge is -2.03. The first-order chi connectivity index (χ1) is 7.63. The van der Waals surface area contributed by atoms with E-state index in [-0.39, 0.29) is 0 Å². The summed E-state index contributed by atoms with van der Waals surface area (Å²) in [6, 6.07) is 4.14. The highest BCUT2D eigenvalue weighted by atomic mass is 16.1. The second-order valence-corrected chi connectivity index (χ2v) is 4.40. The molecule has 2 aromatic rings. The number of aromatic nitrogens is 2. The number of aryl methyl sites for hydroxylation is 1. The van der Waals surface area contributed by atoms with Gasteiger partial charge in [-0.1, -0.05) is 13.8 Å². The third-order valence-electron chi connectivity index (χ3n) is 2.70. The molecule has 0 aromatic carbocycles. The van der Waals surface area contributed by atoms with Gasteiger partial charge in [-0.25, -0.2) is 4.98 Å². The predicted octanol–water partition coefficient (Wildman–Crippen LogP) is 2.51. The standard InChI is InChI=1S/C13H16N2O/c1-9(2)13-14-11(5-7-16)12-8-10(3)4-6-15(12)13/h4,6-9H,5H2,1-3H3. The van der Waals surface area contributed by atoms with Crippen molar-refractivity contribution < 1.29 is 4.79 Å². The molecule has 3 heteroatoms. The van der Waals surface area contributed by atoms with E-state index in [9.17, 15) is 4.79 Å². The summed E-state index contributed by atoms with van der Waals surface area (Å²) in [7, 11) is 0. The summed E-state index contributed by atoms with van der Waals surface area (Å²) in [6.07, 6.45) is 3.33. The minimum Gasteiger partial charge on any atom is -0.303 e. The Labute approximate surface area is 95.1 Å². The number of hydrogen-bond donors (Lipinski definition) is 0. The highest BCUT2D eigenvalue weighted by Crippen LogP contribution is 2.20. The van der Waals surface area contributed by atoms with Crippen molar-refractivity contribution in [3.8, 4) is 0 Å². The van der Waals surface area contributed by atoms with Gasteiger partial charge in [-0.15, -0.1) is 0 Å². The molecule has 0 aliphatic rings. The van der Waals surface area contributed by atoms with Crippen LogP contribution < -0.4 is 0 Å². The number of aldehydes is 1. The molecule has 2 rings (SSSR count). The first-order valence-corrected chi connectivity index (χ1v) is 5.54. The quantitative estimate of drug-likeness (QED) is 0.739. The zero-order valence-corrected chi connectivity index (χ0v) is 9.90. The summed E-state index contributed by atoms with van der Waals surface area (Å²) in [5.41, 5.74) is 3.12.